The molecule has 3 aromatic rings. The van der Waals surface area contributed by atoms with Crippen molar-refractivity contribution in [1.82, 2.24) is 14.8 Å². The topological polar surface area (TPSA) is 73.0 Å². The summed E-state index contributed by atoms with van der Waals surface area (Å²) >= 11 is 0. The minimum absolute atomic E-state index is 0.274. The van der Waals surface area contributed by atoms with Crippen LogP contribution >= 0.6 is 0 Å². The highest BCUT2D eigenvalue weighted by Crippen LogP contribution is 2.19. The number of anilines is 1. The number of hydrogen-bond acceptors (Lipinski definition) is 4. The number of furan rings is 1. The predicted molar refractivity (Wildman–Crippen MR) is 72.8 cm³/mol. The normalized spacial score (nSPS) is 10.4. The number of hydrogen-bond donors (Lipinski definition) is 1. The predicted octanol–water partition coefficient (Wildman–Crippen LogP) is 2.42. The van der Waals surface area contributed by atoms with Gasteiger partial charge in [-0.1, -0.05) is 6.07 Å². The molecule has 0 radical (unpaired) electrons. The Balaban J connectivity index is 1.88. The third-order valence-electron chi connectivity index (χ3n) is 2.91. The van der Waals surface area contributed by atoms with Crippen LogP contribution in [0.5, 0.6) is 0 Å². The standard InChI is InChI=1S/C14H12N4O2/c1-10-4-5-11(7-12(10)18-8-15-16-9-18)17-14(19)13-3-2-6-20-13/h2-9H,1H3,(H,17,19). The summed E-state index contributed by atoms with van der Waals surface area (Å²) < 4.78 is 6.85. The van der Waals surface area contributed by atoms with Crippen molar-refractivity contribution in [2.45, 2.75) is 6.92 Å². The van der Waals surface area contributed by atoms with E-state index in [1.807, 2.05) is 25.1 Å². The van der Waals surface area contributed by atoms with Crippen LogP contribution in [0.3, 0.4) is 0 Å². The van der Waals surface area contributed by atoms with Gasteiger partial charge in [0.2, 0.25) is 0 Å². The Hall–Kier alpha value is -2.89. The van der Waals surface area contributed by atoms with Gasteiger partial charge in [-0.2, -0.15) is 0 Å². The second-order valence-electron chi connectivity index (χ2n) is 4.30. The van der Waals surface area contributed by atoms with Crippen molar-refractivity contribution in [3.05, 3.63) is 60.6 Å². The van der Waals surface area contributed by atoms with Crippen LogP contribution < -0.4 is 5.32 Å². The van der Waals surface area contributed by atoms with Gasteiger partial charge in [0.05, 0.1) is 12.0 Å². The first-order valence-corrected chi connectivity index (χ1v) is 6.04. The molecular weight excluding hydrogens is 256 g/mol. The Morgan fingerprint density at radius 2 is 2.05 bits per heavy atom. The summed E-state index contributed by atoms with van der Waals surface area (Å²) in [6, 6.07) is 8.91. The van der Waals surface area contributed by atoms with E-state index in [9.17, 15) is 4.79 Å². The Morgan fingerprint density at radius 1 is 1.25 bits per heavy atom. The summed E-state index contributed by atoms with van der Waals surface area (Å²) in [5.41, 5.74) is 2.65. The SMILES string of the molecule is Cc1ccc(NC(=O)c2ccco2)cc1-n1cnnc1. The first-order chi connectivity index (χ1) is 9.74. The second-order valence-corrected chi connectivity index (χ2v) is 4.30. The van der Waals surface area contributed by atoms with E-state index >= 15 is 0 Å². The molecule has 0 aliphatic heterocycles. The molecule has 0 saturated heterocycles. The second kappa shape index (κ2) is 5.00. The summed E-state index contributed by atoms with van der Waals surface area (Å²) in [5.74, 6) is -0.00928. The molecule has 1 amide bonds. The van der Waals surface area contributed by atoms with E-state index < -0.39 is 0 Å². The fraction of sp³-hybridized carbons (Fsp3) is 0.0714. The number of nitrogens with one attached hydrogen (secondary N) is 1. The van der Waals surface area contributed by atoms with Crippen molar-refractivity contribution in [2.75, 3.05) is 5.32 Å². The maximum absolute atomic E-state index is 11.9. The van der Waals surface area contributed by atoms with Crippen LogP contribution in [-0.2, 0) is 0 Å². The molecule has 0 bridgehead atoms. The van der Waals surface area contributed by atoms with Gasteiger partial charge in [-0.25, -0.2) is 0 Å². The number of carbonyl (C=O) groups excluding carboxylic acids is 1. The third-order valence-corrected chi connectivity index (χ3v) is 2.91. The van der Waals surface area contributed by atoms with E-state index in [0.29, 0.717) is 5.69 Å². The van der Waals surface area contributed by atoms with Gasteiger partial charge in [0.25, 0.3) is 5.91 Å². The molecule has 2 aromatic heterocycles. The lowest BCUT2D eigenvalue weighted by molar-refractivity contribution is 0.0996. The molecule has 6 heteroatoms. The molecule has 0 aliphatic carbocycles. The maximum Gasteiger partial charge on any atom is 0.291 e. The molecule has 1 aromatic carbocycles. The number of nitrogens with zero attached hydrogens (tertiary/aromatic N) is 3. The van der Waals surface area contributed by atoms with Crippen LogP contribution in [0.15, 0.2) is 53.7 Å². The quantitative estimate of drug-likeness (QED) is 0.791. The van der Waals surface area contributed by atoms with Gasteiger partial charge in [-0.05, 0) is 36.8 Å². The van der Waals surface area contributed by atoms with Crippen molar-refractivity contribution < 1.29 is 9.21 Å². The molecule has 0 unspecified atom stereocenters. The largest absolute Gasteiger partial charge is 0.459 e. The van der Waals surface area contributed by atoms with E-state index in [0.717, 1.165) is 11.3 Å². The van der Waals surface area contributed by atoms with Gasteiger partial charge in [0, 0.05) is 5.69 Å². The molecule has 0 fully saturated rings. The zero-order chi connectivity index (χ0) is 13.9. The van der Waals surface area contributed by atoms with Crippen LogP contribution in [0.2, 0.25) is 0 Å². The van der Waals surface area contributed by atoms with E-state index in [2.05, 4.69) is 15.5 Å². The Morgan fingerprint density at radius 3 is 2.75 bits per heavy atom. The molecule has 0 saturated carbocycles. The lowest BCUT2D eigenvalue weighted by Gasteiger charge is -2.09. The van der Waals surface area contributed by atoms with Gasteiger partial charge >= 0.3 is 0 Å². The number of aromatic nitrogens is 3. The maximum atomic E-state index is 11.9. The first kappa shape index (κ1) is 12.2. The summed E-state index contributed by atoms with van der Waals surface area (Å²) in [7, 11) is 0. The summed E-state index contributed by atoms with van der Waals surface area (Å²) in [4.78, 5) is 11.9. The molecule has 0 spiro atoms. The highest BCUT2D eigenvalue weighted by Gasteiger charge is 2.10. The summed E-state index contributed by atoms with van der Waals surface area (Å²) in [6.07, 6.45) is 4.69. The van der Waals surface area contributed by atoms with Crippen LogP contribution in [0.4, 0.5) is 5.69 Å². The van der Waals surface area contributed by atoms with Gasteiger partial charge < -0.3 is 9.73 Å². The fourth-order valence-electron chi connectivity index (χ4n) is 1.89. The van der Waals surface area contributed by atoms with E-state index in [1.165, 1.54) is 6.26 Å². The van der Waals surface area contributed by atoms with Gasteiger partial charge in [0.1, 0.15) is 12.7 Å². The molecule has 20 heavy (non-hydrogen) atoms. The smallest absolute Gasteiger partial charge is 0.291 e. The van der Waals surface area contributed by atoms with Crippen molar-refractivity contribution >= 4 is 11.6 Å². The van der Waals surface area contributed by atoms with E-state index in [-0.39, 0.29) is 11.7 Å². The lowest BCUT2D eigenvalue weighted by Crippen LogP contribution is -2.11. The Labute approximate surface area is 115 Å². The number of rotatable bonds is 3. The van der Waals surface area contributed by atoms with Crippen molar-refractivity contribution in [2.24, 2.45) is 0 Å². The number of benzene rings is 1. The highest BCUT2D eigenvalue weighted by molar-refractivity contribution is 6.02. The Kier molecular flexibility index (Phi) is 3.04. The lowest BCUT2D eigenvalue weighted by atomic mass is 10.1. The zero-order valence-electron chi connectivity index (χ0n) is 10.8. The van der Waals surface area contributed by atoms with Gasteiger partial charge in [0.15, 0.2) is 5.76 Å². The number of amides is 1. The molecule has 1 N–H and O–H groups in total. The summed E-state index contributed by atoms with van der Waals surface area (Å²) in [5, 5.41) is 10.4. The molecule has 3 rings (SSSR count). The minimum Gasteiger partial charge on any atom is -0.459 e. The third kappa shape index (κ3) is 2.31. The van der Waals surface area contributed by atoms with Crippen molar-refractivity contribution in [1.29, 1.82) is 0 Å². The van der Waals surface area contributed by atoms with Gasteiger partial charge in [-0.3, -0.25) is 9.36 Å². The Bertz CT molecular complexity index is 718. The van der Waals surface area contributed by atoms with Crippen LogP contribution in [0.1, 0.15) is 16.1 Å². The molecule has 100 valence electrons. The van der Waals surface area contributed by atoms with Crippen molar-refractivity contribution in [3.8, 4) is 5.69 Å². The number of carbonyl (C=O) groups is 1. The van der Waals surface area contributed by atoms with Crippen LogP contribution in [-0.4, -0.2) is 20.7 Å². The van der Waals surface area contributed by atoms with Crippen molar-refractivity contribution in [3.63, 3.8) is 0 Å². The molecule has 0 atom stereocenters. The fourth-order valence-corrected chi connectivity index (χ4v) is 1.89. The summed E-state index contributed by atoms with van der Waals surface area (Å²) in [6.45, 7) is 1.98. The van der Waals surface area contributed by atoms with E-state index in [4.69, 9.17) is 4.42 Å². The average Bonchev–Trinajstić information content (AvgIpc) is 3.14. The number of aryl methyl sites for hydroxylation is 1. The minimum atomic E-state index is -0.284. The monoisotopic (exact) mass is 268 g/mol. The molecule has 2 heterocycles. The molecular formula is C14H12N4O2. The average molecular weight is 268 g/mol. The van der Waals surface area contributed by atoms with Gasteiger partial charge in [-0.15, -0.1) is 10.2 Å². The van der Waals surface area contributed by atoms with Crippen LogP contribution in [0, 0.1) is 6.92 Å². The molecule has 0 aliphatic rings. The highest BCUT2D eigenvalue weighted by atomic mass is 16.3. The first-order valence-electron chi connectivity index (χ1n) is 6.04. The zero-order valence-corrected chi connectivity index (χ0v) is 10.8. The molecule has 6 nitrogen and oxygen atoms in total. The van der Waals surface area contributed by atoms with E-state index in [1.54, 1.807) is 29.4 Å². The van der Waals surface area contributed by atoms with Crippen LogP contribution in [0.25, 0.3) is 5.69 Å².